The van der Waals surface area contributed by atoms with Crippen LogP contribution in [0.2, 0.25) is 0 Å². The monoisotopic (exact) mass is 442 g/mol. The Hall–Kier alpha value is -1.27. The quantitative estimate of drug-likeness (QED) is 0.754. The summed E-state index contributed by atoms with van der Waals surface area (Å²) < 4.78 is 0. The third kappa shape index (κ3) is 3.85. The average Bonchev–Trinajstić information content (AvgIpc) is 3.32. The summed E-state index contributed by atoms with van der Waals surface area (Å²) in [7, 11) is 4.36. The number of carbonyl (C=O) groups excluding carboxylic acids is 1. The maximum atomic E-state index is 13.5. The number of aliphatic hydroxyl groups is 1. The molecule has 4 aliphatic carbocycles. The molecule has 6 heteroatoms. The predicted octanol–water partition coefficient (Wildman–Crippen LogP) is 3.65. The van der Waals surface area contributed by atoms with E-state index in [2.05, 4.69) is 36.1 Å². The summed E-state index contributed by atoms with van der Waals surface area (Å²) in [4.78, 5) is 17.4. The predicted molar refractivity (Wildman–Crippen MR) is 124 cm³/mol. The van der Waals surface area contributed by atoms with Gasteiger partial charge in [0.15, 0.2) is 5.78 Å². The average molecular weight is 443 g/mol. The number of carbonyl (C=O) groups is 1. The van der Waals surface area contributed by atoms with Gasteiger partial charge < -0.3 is 10.0 Å². The van der Waals surface area contributed by atoms with Crippen LogP contribution in [0.25, 0.3) is 0 Å². The molecule has 4 fully saturated rings. The van der Waals surface area contributed by atoms with Crippen molar-refractivity contribution in [1.82, 2.24) is 19.9 Å². The van der Waals surface area contributed by atoms with Crippen molar-refractivity contribution in [3.63, 3.8) is 0 Å². The highest BCUT2D eigenvalue weighted by molar-refractivity contribution is 5.82. The molecule has 1 aromatic heterocycles. The molecule has 5 rings (SSSR count). The largest absolute Gasteiger partial charge is 0.390 e. The molecule has 0 radical (unpaired) electrons. The maximum absolute atomic E-state index is 13.5. The maximum Gasteiger partial charge on any atom is 0.159 e. The topological polar surface area (TPSA) is 71.2 Å². The van der Waals surface area contributed by atoms with Crippen molar-refractivity contribution >= 4 is 5.78 Å². The van der Waals surface area contributed by atoms with E-state index >= 15 is 0 Å². The zero-order valence-electron chi connectivity index (χ0n) is 20.4. The lowest BCUT2D eigenvalue weighted by Crippen LogP contribution is -2.52. The standard InChI is InChI=1S/C26H42N4O2/c1-25(32)9-7-19-17(14-25)5-6-21-20(19)8-10-26(2)22(13-18(24(21)26)15-29(3)4)23(31)16-30-27-11-12-28-30/h11-12,17-22,24,32H,5-10,13-16H2,1-4H3/t17-,18+,19+,20?,21-,22-,24+,25-,26-/m1/s1. The van der Waals surface area contributed by atoms with E-state index in [0.717, 1.165) is 43.6 Å². The highest BCUT2D eigenvalue weighted by Crippen LogP contribution is 2.66. The van der Waals surface area contributed by atoms with E-state index in [4.69, 9.17) is 0 Å². The Morgan fingerprint density at radius 1 is 1.06 bits per heavy atom. The fraction of sp³-hybridized carbons (Fsp3) is 0.885. The second-order valence-corrected chi connectivity index (χ2v) is 12.5. The number of fused-ring (bicyclic) bond motifs is 5. The summed E-state index contributed by atoms with van der Waals surface area (Å²) in [5.74, 6) is 4.67. The number of rotatable bonds is 5. The van der Waals surface area contributed by atoms with E-state index < -0.39 is 5.60 Å². The third-order valence-corrected chi connectivity index (χ3v) is 10.1. The summed E-state index contributed by atoms with van der Waals surface area (Å²) in [6, 6.07) is 0. The smallest absolute Gasteiger partial charge is 0.159 e. The molecule has 1 heterocycles. The van der Waals surface area contributed by atoms with Crippen LogP contribution in [0.15, 0.2) is 12.4 Å². The van der Waals surface area contributed by atoms with Crippen molar-refractivity contribution in [2.24, 2.45) is 46.8 Å². The molecule has 0 spiro atoms. The van der Waals surface area contributed by atoms with Gasteiger partial charge in [0, 0.05) is 12.5 Å². The van der Waals surface area contributed by atoms with Crippen LogP contribution in [0.3, 0.4) is 0 Å². The lowest BCUT2D eigenvalue weighted by Gasteiger charge is -2.57. The van der Waals surface area contributed by atoms with Gasteiger partial charge in [0.05, 0.1) is 18.0 Å². The van der Waals surface area contributed by atoms with Gasteiger partial charge in [-0.15, -0.1) is 0 Å². The Morgan fingerprint density at radius 2 is 1.78 bits per heavy atom. The fourth-order valence-electron chi connectivity index (χ4n) is 9.10. The van der Waals surface area contributed by atoms with Crippen LogP contribution in [0.5, 0.6) is 0 Å². The zero-order chi connectivity index (χ0) is 22.7. The Kier molecular flexibility index (Phi) is 5.77. The molecular weight excluding hydrogens is 400 g/mol. The van der Waals surface area contributed by atoms with Crippen LogP contribution in [0.1, 0.15) is 65.2 Å². The number of ketones is 1. The van der Waals surface area contributed by atoms with Crippen molar-refractivity contribution in [3.05, 3.63) is 12.4 Å². The van der Waals surface area contributed by atoms with E-state index in [1.165, 1.54) is 32.1 Å². The molecule has 0 saturated heterocycles. The van der Waals surface area contributed by atoms with Crippen molar-refractivity contribution < 1.29 is 9.90 Å². The first-order chi connectivity index (χ1) is 15.2. The summed E-state index contributed by atoms with van der Waals surface area (Å²) in [5.41, 5.74) is -0.366. The minimum atomic E-state index is -0.462. The number of nitrogens with zero attached hydrogens (tertiary/aromatic N) is 4. The van der Waals surface area contributed by atoms with Gasteiger partial charge in [-0.05, 0) is 113 Å². The number of aromatic nitrogens is 3. The summed E-state index contributed by atoms with van der Waals surface area (Å²) in [6.45, 7) is 5.88. The molecule has 32 heavy (non-hydrogen) atoms. The van der Waals surface area contributed by atoms with Gasteiger partial charge in [0.1, 0.15) is 6.54 Å². The van der Waals surface area contributed by atoms with Gasteiger partial charge in [-0.3, -0.25) is 4.79 Å². The molecule has 0 amide bonds. The fourth-order valence-corrected chi connectivity index (χ4v) is 9.10. The molecule has 178 valence electrons. The van der Waals surface area contributed by atoms with Crippen molar-refractivity contribution in [3.8, 4) is 0 Å². The first-order valence-corrected chi connectivity index (χ1v) is 12.9. The van der Waals surface area contributed by atoms with E-state index in [9.17, 15) is 9.90 Å². The number of hydrogen-bond acceptors (Lipinski definition) is 5. The normalized spacial score (nSPS) is 45.9. The third-order valence-electron chi connectivity index (χ3n) is 10.1. The second kappa shape index (κ2) is 8.19. The molecule has 1 aromatic rings. The Bertz CT molecular complexity index is 822. The molecule has 0 aromatic carbocycles. The van der Waals surface area contributed by atoms with E-state index in [1.807, 2.05) is 6.92 Å². The van der Waals surface area contributed by atoms with Gasteiger partial charge in [0.25, 0.3) is 0 Å². The molecule has 9 atom stereocenters. The van der Waals surface area contributed by atoms with E-state index in [0.29, 0.717) is 30.1 Å². The SMILES string of the molecule is CN(C)C[C@@H]1C[C@H](C(=O)Cn2nccn2)[C@@]2(C)CCC3[C@H]4CC[C@@](C)(O)C[C@H]4CC[C@H]3[C@H]12. The van der Waals surface area contributed by atoms with E-state index in [-0.39, 0.29) is 11.3 Å². The van der Waals surface area contributed by atoms with Crippen LogP contribution in [-0.2, 0) is 11.3 Å². The van der Waals surface area contributed by atoms with Gasteiger partial charge in [-0.25, -0.2) is 0 Å². The summed E-state index contributed by atoms with van der Waals surface area (Å²) in [6.07, 6.45) is 12.5. The van der Waals surface area contributed by atoms with E-state index in [1.54, 1.807) is 17.2 Å². The Labute approximate surface area is 193 Å². The van der Waals surface area contributed by atoms with Crippen molar-refractivity contribution in [2.45, 2.75) is 77.4 Å². The van der Waals surface area contributed by atoms with Gasteiger partial charge >= 0.3 is 0 Å². The number of Topliss-reactive ketones (excluding diaryl/α,β-unsaturated/α-hetero) is 1. The van der Waals surface area contributed by atoms with Gasteiger partial charge in [-0.1, -0.05) is 6.92 Å². The zero-order valence-corrected chi connectivity index (χ0v) is 20.4. The van der Waals surface area contributed by atoms with Crippen LogP contribution >= 0.6 is 0 Å². The van der Waals surface area contributed by atoms with Crippen LogP contribution in [0, 0.1) is 46.8 Å². The second-order valence-electron chi connectivity index (χ2n) is 12.5. The highest BCUT2D eigenvalue weighted by Gasteiger charge is 2.61. The van der Waals surface area contributed by atoms with Gasteiger partial charge in [-0.2, -0.15) is 15.0 Å². The Morgan fingerprint density at radius 3 is 2.50 bits per heavy atom. The van der Waals surface area contributed by atoms with Gasteiger partial charge in [0.2, 0.25) is 0 Å². The summed E-state index contributed by atoms with van der Waals surface area (Å²) in [5, 5.41) is 19.1. The minimum absolute atomic E-state index is 0.0963. The van der Waals surface area contributed by atoms with Crippen molar-refractivity contribution in [2.75, 3.05) is 20.6 Å². The molecule has 6 nitrogen and oxygen atoms in total. The molecule has 4 saturated carbocycles. The molecule has 0 bridgehead atoms. The lowest BCUT2D eigenvalue weighted by molar-refractivity contribution is -0.134. The van der Waals surface area contributed by atoms with Crippen LogP contribution < -0.4 is 0 Å². The Balaban J connectivity index is 1.41. The number of hydrogen-bond donors (Lipinski definition) is 1. The van der Waals surface area contributed by atoms with Crippen LogP contribution in [-0.4, -0.2) is 57.0 Å². The lowest BCUT2D eigenvalue weighted by atomic mass is 9.48. The van der Waals surface area contributed by atoms with Crippen LogP contribution in [0.4, 0.5) is 0 Å². The first kappa shape index (κ1) is 22.5. The first-order valence-electron chi connectivity index (χ1n) is 12.9. The minimum Gasteiger partial charge on any atom is -0.390 e. The molecule has 1 N–H and O–H groups in total. The summed E-state index contributed by atoms with van der Waals surface area (Å²) >= 11 is 0. The molecule has 1 unspecified atom stereocenters. The molecule has 4 aliphatic rings. The molecule has 0 aliphatic heterocycles. The molecular formula is C26H42N4O2. The van der Waals surface area contributed by atoms with Crippen molar-refractivity contribution in [1.29, 1.82) is 0 Å². The highest BCUT2D eigenvalue weighted by atomic mass is 16.3.